The van der Waals surface area contributed by atoms with Crippen molar-refractivity contribution in [2.45, 2.75) is 18.7 Å². The van der Waals surface area contributed by atoms with Gasteiger partial charge in [0.1, 0.15) is 0 Å². The fraction of sp³-hybridized carbons (Fsp3) is 0.353. The molecule has 0 aliphatic carbocycles. The van der Waals surface area contributed by atoms with E-state index in [2.05, 4.69) is 9.88 Å². The molecule has 0 atom stereocenters. The van der Waals surface area contributed by atoms with Crippen LogP contribution in [-0.4, -0.2) is 43.9 Å². The van der Waals surface area contributed by atoms with Crippen LogP contribution < -0.4 is 4.90 Å². The highest BCUT2D eigenvalue weighted by Gasteiger charge is 2.29. The molecule has 1 fully saturated rings. The van der Waals surface area contributed by atoms with Crippen molar-refractivity contribution >= 4 is 15.7 Å². The molecule has 0 spiro atoms. The Kier molecular flexibility index (Phi) is 4.37. The number of hydrogen-bond donors (Lipinski definition) is 0. The van der Waals surface area contributed by atoms with E-state index in [4.69, 9.17) is 0 Å². The first-order valence-corrected chi connectivity index (χ1v) is 9.15. The maximum atomic E-state index is 12.9. The zero-order chi connectivity index (χ0) is 16.4. The monoisotopic (exact) mass is 331 g/mol. The number of anilines is 1. The van der Waals surface area contributed by atoms with Gasteiger partial charge in [-0.3, -0.25) is 4.98 Å². The van der Waals surface area contributed by atoms with E-state index in [0.29, 0.717) is 31.1 Å². The molecule has 2 heterocycles. The topological polar surface area (TPSA) is 53.5 Å². The Hall–Kier alpha value is -1.92. The number of hydrogen-bond acceptors (Lipinski definition) is 4. The van der Waals surface area contributed by atoms with Gasteiger partial charge >= 0.3 is 0 Å². The van der Waals surface area contributed by atoms with Crippen LogP contribution in [0, 0.1) is 13.8 Å². The maximum absolute atomic E-state index is 12.9. The second kappa shape index (κ2) is 6.29. The molecule has 6 heteroatoms. The van der Waals surface area contributed by atoms with Gasteiger partial charge < -0.3 is 4.90 Å². The van der Waals surface area contributed by atoms with Crippen LogP contribution in [0.15, 0.2) is 47.6 Å². The highest BCUT2D eigenvalue weighted by Crippen LogP contribution is 2.23. The molecule has 1 aromatic heterocycles. The molecular formula is C17H21N3O2S. The Morgan fingerprint density at radius 2 is 1.61 bits per heavy atom. The van der Waals surface area contributed by atoms with Crippen LogP contribution in [0.25, 0.3) is 0 Å². The van der Waals surface area contributed by atoms with Crippen molar-refractivity contribution < 1.29 is 8.42 Å². The third-order valence-corrected chi connectivity index (χ3v) is 6.27. The van der Waals surface area contributed by atoms with Crippen LogP contribution in [0.2, 0.25) is 0 Å². The average Bonchev–Trinajstić information content (AvgIpc) is 2.58. The van der Waals surface area contributed by atoms with E-state index in [-0.39, 0.29) is 0 Å². The van der Waals surface area contributed by atoms with Crippen molar-refractivity contribution in [1.29, 1.82) is 0 Å². The molecule has 1 saturated heterocycles. The van der Waals surface area contributed by atoms with Gasteiger partial charge in [-0.05, 0) is 43.2 Å². The lowest BCUT2D eigenvalue weighted by Gasteiger charge is -2.35. The molecule has 1 aliphatic rings. The summed E-state index contributed by atoms with van der Waals surface area (Å²) < 4.78 is 27.4. The Morgan fingerprint density at radius 1 is 0.957 bits per heavy atom. The highest BCUT2D eigenvalue weighted by molar-refractivity contribution is 7.89. The van der Waals surface area contributed by atoms with Gasteiger partial charge in [0, 0.05) is 44.3 Å². The third-order valence-electron chi connectivity index (χ3n) is 4.23. The lowest BCUT2D eigenvalue weighted by Crippen LogP contribution is -2.48. The van der Waals surface area contributed by atoms with Crippen LogP contribution in [0.4, 0.5) is 5.69 Å². The number of aromatic nitrogens is 1. The van der Waals surface area contributed by atoms with E-state index < -0.39 is 10.0 Å². The van der Waals surface area contributed by atoms with E-state index in [1.165, 1.54) is 0 Å². The summed E-state index contributed by atoms with van der Waals surface area (Å²) in [6, 6.07) is 9.48. The number of pyridine rings is 1. The van der Waals surface area contributed by atoms with Gasteiger partial charge in [0.2, 0.25) is 10.0 Å². The van der Waals surface area contributed by atoms with Gasteiger partial charge in [-0.25, -0.2) is 8.42 Å². The molecule has 0 bridgehead atoms. The summed E-state index contributed by atoms with van der Waals surface area (Å²) in [7, 11) is -3.43. The summed E-state index contributed by atoms with van der Waals surface area (Å²) in [6.45, 7) is 6.14. The molecule has 0 amide bonds. The summed E-state index contributed by atoms with van der Waals surface area (Å²) in [6.07, 6.45) is 3.52. The second-order valence-electron chi connectivity index (χ2n) is 5.87. The number of nitrogens with zero attached hydrogens (tertiary/aromatic N) is 3. The Labute approximate surface area is 137 Å². The lowest BCUT2D eigenvalue weighted by atomic mass is 10.2. The fourth-order valence-electron chi connectivity index (χ4n) is 2.87. The normalized spacial score (nSPS) is 16.5. The maximum Gasteiger partial charge on any atom is 0.243 e. The van der Waals surface area contributed by atoms with Crippen molar-refractivity contribution in [3.63, 3.8) is 0 Å². The summed E-state index contributed by atoms with van der Waals surface area (Å²) >= 11 is 0. The molecule has 1 aromatic carbocycles. The fourth-order valence-corrected chi connectivity index (χ4v) is 4.60. The molecule has 122 valence electrons. The average molecular weight is 331 g/mol. The molecule has 0 unspecified atom stereocenters. The van der Waals surface area contributed by atoms with Gasteiger partial charge in [-0.1, -0.05) is 12.1 Å². The number of sulfonamides is 1. The molecule has 2 aromatic rings. The number of benzene rings is 1. The minimum absolute atomic E-state index is 0.426. The molecule has 3 rings (SSSR count). The van der Waals surface area contributed by atoms with Gasteiger partial charge in [-0.2, -0.15) is 4.31 Å². The third kappa shape index (κ3) is 3.23. The molecule has 1 aliphatic heterocycles. The van der Waals surface area contributed by atoms with Crippen LogP contribution in [0.3, 0.4) is 0 Å². The first-order valence-electron chi connectivity index (χ1n) is 7.71. The highest BCUT2D eigenvalue weighted by atomic mass is 32.2. The molecule has 23 heavy (non-hydrogen) atoms. The van der Waals surface area contributed by atoms with Crippen LogP contribution in [-0.2, 0) is 10.0 Å². The molecule has 0 saturated carbocycles. The molecule has 0 N–H and O–H groups in total. The quantitative estimate of drug-likeness (QED) is 0.865. The summed E-state index contributed by atoms with van der Waals surface area (Å²) in [5, 5.41) is 0. The van der Waals surface area contributed by atoms with Crippen molar-refractivity contribution in [3.05, 3.63) is 53.9 Å². The predicted molar refractivity (Wildman–Crippen MR) is 91.1 cm³/mol. The first kappa shape index (κ1) is 16.0. The smallest absolute Gasteiger partial charge is 0.243 e. The van der Waals surface area contributed by atoms with Gasteiger partial charge in [0.25, 0.3) is 0 Å². The summed E-state index contributed by atoms with van der Waals surface area (Å²) in [5.74, 6) is 0. The van der Waals surface area contributed by atoms with E-state index in [1.54, 1.807) is 22.8 Å². The summed E-state index contributed by atoms with van der Waals surface area (Å²) in [4.78, 5) is 6.64. The van der Waals surface area contributed by atoms with Crippen LogP contribution >= 0.6 is 0 Å². The van der Waals surface area contributed by atoms with Gasteiger partial charge in [-0.15, -0.1) is 0 Å². The molecule has 5 nitrogen and oxygen atoms in total. The SMILES string of the molecule is Cc1ccc(C)c(S(=O)(=O)N2CCN(c3ccncc3)CC2)c1. The van der Waals surface area contributed by atoms with Crippen molar-refractivity contribution in [3.8, 4) is 0 Å². The molecular weight excluding hydrogens is 310 g/mol. The number of piperazine rings is 1. The minimum atomic E-state index is -3.43. The lowest BCUT2D eigenvalue weighted by molar-refractivity contribution is 0.384. The minimum Gasteiger partial charge on any atom is -0.369 e. The number of aryl methyl sites for hydroxylation is 2. The zero-order valence-corrected chi connectivity index (χ0v) is 14.3. The predicted octanol–water partition coefficient (Wildman–Crippen LogP) is 2.21. The van der Waals surface area contributed by atoms with Crippen LogP contribution in [0.1, 0.15) is 11.1 Å². The zero-order valence-electron chi connectivity index (χ0n) is 13.4. The summed E-state index contributed by atoms with van der Waals surface area (Å²) in [5.41, 5.74) is 2.85. The van der Waals surface area contributed by atoms with Gasteiger partial charge in [0.05, 0.1) is 4.90 Å². The largest absolute Gasteiger partial charge is 0.369 e. The van der Waals surface area contributed by atoms with Crippen molar-refractivity contribution in [2.75, 3.05) is 31.1 Å². The van der Waals surface area contributed by atoms with E-state index in [9.17, 15) is 8.42 Å². The number of rotatable bonds is 3. The standard InChI is InChI=1S/C17H21N3O2S/c1-14-3-4-15(2)17(13-14)23(21,22)20-11-9-19(10-12-20)16-5-7-18-8-6-16/h3-8,13H,9-12H2,1-2H3. The van der Waals surface area contributed by atoms with Crippen molar-refractivity contribution in [2.24, 2.45) is 0 Å². The van der Waals surface area contributed by atoms with Crippen molar-refractivity contribution in [1.82, 2.24) is 9.29 Å². The van der Waals surface area contributed by atoms with E-state index in [0.717, 1.165) is 16.8 Å². The van der Waals surface area contributed by atoms with E-state index >= 15 is 0 Å². The Bertz CT molecular complexity index is 783. The Morgan fingerprint density at radius 3 is 2.26 bits per heavy atom. The van der Waals surface area contributed by atoms with Gasteiger partial charge in [0.15, 0.2) is 0 Å². The van der Waals surface area contributed by atoms with E-state index in [1.807, 2.05) is 38.1 Å². The first-order chi connectivity index (χ1) is 11.0. The second-order valence-corrected chi connectivity index (χ2v) is 7.77. The van der Waals surface area contributed by atoms with Crippen LogP contribution in [0.5, 0.6) is 0 Å². The Balaban J connectivity index is 1.78. The molecule has 0 radical (unpaired) electrons.